The van der Waals surface area contributed by atoms with E-state index in [9.17, 15) is 14.4 Å². The van der Waals surface area contributed by atoms with Gasteiger partial charge in [0, 0.05) is 49.5 Å². The van der Waals surface area contributed by atoms with Crippen molar-refractivity contribution in [3.05, 3.63) is 59.9 Å². The van der Waals surface area contributed by atoms with E-state index in [1.807, 2.05) is 54.2 Å². The number of amides is 3. The van der Waals surface area contributed by atoms with Crippen LogP contribution in [0.25, 0.3) is 21.8 Å². The van der Waals surface area contributed by atoms with E-state index in [1.165, 1.54) is 0 Å². The van der Waals surface area contributed by atoms with Crippen molar-refractivity contribution in [2.45, 2.75) is 25.3 Å². The average molecular weight is 460 g/mol. The van der Waals surface area contributed by atoms with E-state index >= 15 is 0 Å². The highest BCUT2D eigenvalue weighted by Crippen LogP contribution is 2.34. The second-order valence-electron chi connectivity index (χ2n) is 8.51. The van der Waals surface area contributed by atoms with Gasteiger partial charge < -0.3 is 14.6 Å². The van der Waals surface area contributed by atoms with E-state index in [0.29, 0.717) is 29.9 Å². The first-order chi connectivity index (χ1) is 16.4. The summed E-state index contributed by atoms with van der Waals surface area (Å²) in [7, 11) is 3.75. The Morgan fingerprint density at radius 2 is 1.94 bits per heavy atom. The summed E-state index contributed by atoms with van der Waals surface area (Å²) in [6.45, 7) is 0.252. The molecule has 174 valence electrons. The van der Waals surface area contributed by atoms with Crippen molar-refractivity contribution in [1.29, 1.82) is 0 Å². The van der Waals surface area contributed by atoms with E-state index in [2.05, 4.69) is 15.7 Å². The van der Waals surface area contributed by atoms with Gasteiger partial charge in [-0.15, -0.1) is 0 Å². The molecule has 1 fully saturated rings. The standard InChI is InChI=1S/C25H25N5O4/c1-29-13-15(16-6-3-4-8-19(16)29)12-26-22(32)14-34-20-9-5-7-17-23(28-30(2)24(17)20)18-10-11-21(31)27-25(18)33/h3-9,13,18H,10-12,14H2,1-2H3,(H,26,32)(H,27,31,33). The molecule has 1 aliphatic rings. The zero-order valence-corrected chi connectivity index (χ0v) is 19.0. The predicted molar refractivity (Wildman–Crippen MR) is 126 cm³/mol. The smallest absolute Gasteiger partial charge is 0.258 e. The number of carbonyl (C=O) groups excluding carboxylic acids is 3. The van der Waals surface area contributed by atoms with Crippen LogP contribution < -0.4 is 15.4 Å². The summed E-state index contributed by atoms with van der Waals surface area (Å²) in [6, 6.07) is 13.5. The fourth-order valence-electron chi connectivity index (χ4n) is 4.61. The highest BCUT2D eigenvalue weighted by Gasteiger charge is 2.32. The van der Waals surface area contributed by atoms with Crippen LogP contribution in [0.4, 0.5) is 0 Å². The number of nitrogens with one attached hydrogen (secondary N) is 2. The first-order valence-corrected chi connectivity index (χ1v) is 11.1. The van der Waals surface area contributed by atoms with Gasteiger partial charge in [0.15, 0.2) is 6.61 Å². The summed E-state index contributed by atoms with van der Waals surface area (Å²) in [4.78, 5) is 36.4. The van der Waals surface area contributed by atoms with Gasteiger partial charge in [-0.2, -0.15) is 5.10 Å². The molecule has 1 atom stereocenters. The Balaban J connectivity index is 1.29. The minimum atomic E-state index is -0.499. The quantitative estimate of drug-likeness (QED) is 0.430. The molecule has 1 aliphatic heterocycles. The number of nitrogens with zero attached hydrogens (tertiary/aromatic N) is 3. The molecule has 5 rings (SSSR count). The molecule has 0 bridgehead atoms. The van der Waals surface area contributed by atoms with Crippen LogP contribution in [-0.2, 0) is 35.0 Å². The number of ether oxygens (including phenoxy) is 1. The van der Waals surface area contributed by atoms with Crippen LogP contribution in [0.1, 0.15) is 30.0 Å². The first-order valence-electron chi connectivity index (χ1n) is 11.1. The predicted octanol–water partition coefficient (Wildman–Crippen LogP) is 2.28. The monoisotopic (exact) mass is 459 g/mol. The summed E-state index contributed by atoms with van der Waals surface area (Å²) < 4.78 is 9.54. The third-order valence-electron chi connectivity index (χ3n) is 6.24. The summed E-state index contributed by atoms with van der Waals surface area (Å²) >= 11 is 0. The van der Waals surface area contributed by atoms with Crippen LogP contribution in [0.15, 0.2) is 48.7 Å². The average Bonchev–Trinajstić information content (AvgIpc) is 3.33. The SMILES string of the molecule is Cn1cc(CNC(=O)COc2cccc3c(C4CCC(=O)NC4=O)nn(C)c23)c2ccccc21. The van der Waals surface area contributed by atoms with Gasteiger partial charge >= 0.3 is 0 Å². The minimum absolute atomic E-state index is 0.150. The number of piperidine rings is 1. The number of aryl methyl sites for hydroxylation is 2. The van der Waals surface area contributed by atoms with E-state index in [4.69, 9.17) is 4.74 Å². The maximum atomic E-state index is 12.5. The molecule has 3 heterocycles. The van der Waals surface area contributed by atoms with Crippen molar-refractivity contribution in [2.24, 2.45) is 14.1 Å². The molecule has 1 unspecified atom stereocenters. The lowest BCUT2D eigenvalue weighted by Gasteiger charge is -2.19. The van der Waals surface area contributed by atoms with Crippen molar-refractivity contribution in [3.8, 4) is 5.75 Å². The van der Waals surface area contributed by atoms with Gasteiger partial charge in [0.25, 0.3) is 5.91 Å². The molecular weight excluding hydrogens is 434 g/mol. The second kappa shape index (κ2) is 8.66. The molecule has 2 aromatic carbocycles. The van der Waals surface area contributed by atoms with Crippen LogP contribution in [0, 0.1) is 0 Å². The molecule has 34 heavy (non-hydrogen) atoms. The van der Waals surface area contributed by atoms with E-state index < -0.39 is 5.92 Å². The largest absolute Gasteiger partial charge is 0.482 e. The summed E-state index contributed by atoms with van der Waals surface area (Å²) in [5.74, 6) is -0.833. The summed E-state index contributed by atoms with van der Waals surface area (Å²) in [5, 5.41) is 11.7. The Hall–Kier alpha value is -4.14. The Morgan fingerprint density at radius 1 is 1.15 bits per heavy atom. The summed E-state index contributed by atoms with van der Waals surface area (Å²) in [6.07, 6.45) is 2.71. The molecule has 2 aromatic heterocycles. The van der Waals surface area contributed by atoms with Gasteiger partial charge in [0.2, 0.25) is 11.8 Å². The normalized spacial score (nSPS) is 16.1. The van der Waals surface area contributed by atoms with E-state index in [-0.39, 0.29) is 30.7 Å². The molecule has 4 aromatic rings. The number of carbonyl (C=O) groups is 3. The molecule has 3 amide bonds. The fourth-order valence-corrected chi connectivity index (χ4v) is 4.61. The van der Waals surface area contributed by atoms with Gasteiger partial charge in [-0.1, -0.05) is 30.3 Å². The van der Waals surface area contributed by atoms with Gasteiger partial charge in [-0.05, 0) is 24.1 Å². The molecule has 0 spiro atoms. The van der Waals surface area contributed by atoms with Gasteiger partial charge in [-0.3, -0.25) is 24.4 Å². The lowest BCUT2D eigenvalue weighted by atomic mass is 9.93. The van der Waals surface area contributed by atoms with Gasteiger partial charge in [-0.25, -0.2) is 0 Å². The topological polar surface area (TPSA) is 107 Å². The Morgan fingerprint density at radius 3 is 2.76 bits per heavy atom. The van der Waals surface area contributed by atoms with Crippen LogP contribution in [0.5, 0.6) is 5.75 Å². The third-order valence-corrected chi connectivity index (χ3v) is 6.24. The van der Waals surface area contributed by atoms with Crippen molar-refractivity contribution in [1.82, 2.24) is 25.0 Å². The van der Waals surface area contributed by atoms with Crippen molar-refractivity contribution in [2.75, 3.05) is 6.61 Å². The molecule has 0 saturated carbocycles. The lowest BCUT2D eigenvalue weighted by molar-refractivity contribution is -0.134. The van der Waals surface area contributed by atoms with Crippen LogP contribution >= 0.6 is 0 Å². The Labute approximate surface area is 195 Å². The Bertz CT molecular complexity index is 1430. The maximum absolute atomic E-state index is 12.5. The van der Waals surface area contributed by atoms with Gasteiger partial charge in [0.05, 0.1) is 11.6 Å². The van der Waals surface area contributed by atoms with Crippen molar-refractivity contribution >= 4 is 39.5 Å². The summed E-state index contributed by atoms with van der Waals surface area (Å²) in [5.41, 5.74) is 3.45. The zero-order valence-electron chi connectivity index (χ0n) is 19.0. The lowest BCUT2D eigenvalue weighted by Crippen LogP contribution is -2.39. The zero-order chi connectivity index (χ0) is 23.8. The molecule has 1 saturated heterocycles. The third kappa shape index (κ3) is 3.89. The maximum Gasteiger partial charge on any atom is 0.258 e. The minimum Gasteiger partial charge on any atom is -0.482 e. The number of rotatable bonds is 6. The molecule has 2 N–H and O–H groups in total. The molecule has 0 aliphatic carbocycles. The van der Waals surface area contributed by atoms with Crippen LogP contribution in [0.3, 0.4) is 0 Å². The fraction of sp³-hybridized carbons (Fsp3) is 0.280. The molecular formula is C25H25N5O4. The number of benzene rings is 2. The second-order valence-corrected chi connectivity index (χ2v) is 8.51. The highest BCUT2D eigenvalue weighted by molar-refractivity contribution is 6.03. The molecule has 0 radical (unpaired) electrons. The number of aromatic nitrogens is 3. The first kappa shape index (κ1) is 21.7. The van der Waals surface area contributed by atoms with Crippen LogP contribution in [-0.4, -0.2) is 38.7 Å². The highest BCUT2D eigenvalue weighted by atomic mass is 16.5. The number of hydrogen-bond acceptors (Lipinski definition) is 5. The number of hydrogen-bond donors (Lipinski definition) is 2. The molecule has 9 heteroatoms. The molecule has 9 nitrogen and oxygen atoms in total. The number of imide groups is 1. The van der Waals surface area contributed by atoms with E-state index in [1.54, 1.807) is 17.8 Å². The number of fused-ring (bicyclic) bond motifs is 2. The van der Waals surface area contributed by atoms with Crippen molar-refractivity contribution in [3.63, 3.8) is 0 Å². The van der Waals surface area contributed by atoms with E-state index in [0.717, 1.165) is 21.9 Å². The van der Waals surface area contributed by atoms with Crippen LogP contribution in [0.2, 0.25) is 0 Å². The van der Waals surface area contributed by atoms with Crippen molar-refractivity contribution < 1.29 is 19.1 Å². The van der Waals surface area contributed by atoms with Gasteiger partial charge in [0.1, 0.15) is 11.3 Å². The number of para-hydroxylation sites is 2. The Kier molecular flexibility index (Phi) is 5.53.